The second kappa shape index (κ2) is 5.48. The summed E-state index contributed by atoms with van der Waals surface area (Å²) < 4.78 is 10.4. The number of carbonyl (C=O) groups is 1. The second-order valence-corrected chi connectivity index (χ2v) is 5.01. The zero-order chi connectivity index (χ0) is 13.9. The molecule has 0 saturated carbocycles. The zero-order valence-electron chi connectivity index (χ0n) is 11.6. The van der Waals surface area contributed by atoms with Gasteiger partial charge in [0.2, 0.25) is 0 Å². The molecule has 1 heterocycles. The Balaban J connectivity index is 2.22. The van der Waals surface area contributed by atoms with E-state index in [-0.39, 0.29) is 11.4 Å². The normalized spacial score (nSPS) is 22.1. The molecule has 1 atom stereocenters. The third kappa shape index (κ3) is 2.98. The summed E-state index contributed by atoms with van der Waals surface area (Å²) in [7, 11) is 3.13. The zero-order valence-corrected chi connectivity index (χ0v) is 11.6. The average Bonchev–Trinajstić information content (AvgIpc) is 2.84. The molecular formula is C14H20N2O3. The van der Waals surface area contributed by atoms with Gasteiger partial charge in [0.05, 0.1) is 25.3 Å². The Morgan fingerprint density at radius 2 is 2.16 bits per heavy atom. The first kappa shape index (κ1) is 13.7. The average molecular weight is 264 g/mol. The minimum absolute atomic E-state index is 0.137. The predicted octanol–water partition coefficient (Wildman–Crippen LogP) is 1.19. The largest absolute Gasteiger partial charge is 0.497 e. The summed E-state index contributed by atoms with van der Waals surface area (Å²) in [5.74, 6) is 1.05. The first-order valence-corrected chi connectivity index (χ1v) is 6.33. The second-order valence-electron chi connectivity index (χ2n) is 5.01. The van der Waals surface area contributed by atoms with Crippen molar-refractivity contribution in [3.05, 3.63) is 23.8 Å². The molecule has 5 heteroatoms. The number of amides is 1. The van der Waals surface area contributed by atoms with E-state index < -0.39 is 0 Å². The van der Waals surface area contributed by atoms with Gasteiger partial charge >= 0.3 is 0 Å². The molecule has 2 N–H and O–H groups in total. The molecular weight excluding hydrogens is 244 g/mol. The van der Waals surface area contributed by atoms with Crippen molar-refractivity contribution < 1.29 is 14.3 Å². The van der Waals surface area contributed by atoms with Crippen molar-refractivity contribution in [3.8, 4) is 11.5 Å². The molecule has 0 aliphatic carbocycles. The smallest absolute Gasteiger partial charge is 0.255 e. The monoisotopic (exact) mass is 264 g/mol. The Morgan fingerprint density at radius 3 is 2.74 bits per heavy atom. The molecule has 1 amide bonds. The molecule has 0 bridgehead atoms. The topological polar surface area (TPSA) is 59.6 Å². The van der Waals surface area contributed by atoms with Crippen molar-refractivity contribution in [1.29, 1.82) is 0 Å². The summed E-state index contributed by atoms with van der Waals surface area (Å²) in [5.41, 5.74) is 0.292. The van der Waals surface area contributed by atoms with Gasteiger partial charge in [-0.2, -0.15) is 0 Å². The first-order chi connectivity index (χ1) is 9.08. The molecule has 19 heavy (non-hydrogen) atoms. The van der Waals surface area contributed by atoms with Crippen LogP contribution in [0.25, 0.3) is 0 Å². The van der Waals surface area contributed by atoms with Crippen molar-refractivity contribution >= 4 is 5.91 Å². The van der Waals surface area contributed by atoms with Gasteiger partial charge in [0.25, 0.3) is 5.91 Å². The number of methoxy groups -OCH3 is 2. The Hall–Kier alpha value is -1.75. The van der Waals surface area contributed by atoms with E-state index in [0.717, 1.165) is 19.5 Å². The SMILES string of the molecule is COc1ccc(OC)c(C(=O)NC2(C)CCNC2)c1. The van der Waals surface area contributed by atoms with Gasteiger partial charge in [0, 0.05) is 6.54 Å². The summed E-state index contributed by atoms with van der Waals surface area (Å²) >= 11 is 0. The molecule has 0 radical (unpaired) electrons. The van der Waals surface area contributed by atoms with Crippen LogP contribution in [0.15, 0.2) is 18.2 Å². The minimum Gasteiger partial charge on any atom is -0.497 e. The molecule has 2 rings (SSSR count). The predicted molar refractivity (Wildman–Crippen MR) is 72.9 cm³/mol. The molecule has 1 aromatic carbocycles. The Bertz CT molecular complexity index is 468. The van der Waals surface area contributed by atoms with E-state index in [2.05, 4.69) is 10.6 Å². The summed E-state index contributed by atoms with van der Waals surface area (Å²) in [6, 6.07) is 5.21. The number of nitrogens with one attached hydrogen (secondary N) is 2. The van der Waals surface area contributed by atoms with Crippen LogP contribution in [0.1, 0.15) is 23.7 Å². The molecule has 104 valence electrons. The van der Waals surface area contributed by atoms with Crippen molar-refractivity contribution in [1.82, 2.24) is 10.6 Å². The van der Waals surface area contributed by atoms with Gasteiger partial charge in [-0.1, -0.05) is 0 Å². The number of carbonyl (C=O) groups excluding carboxylic acids is 1. The van der Waals surface area contributed by atoms with Gasteiger partial charge in [0.15, 0.2) is 0 Å². The van der Waals surface area contributed by atoms with E-state index in [1.165, 1.54) is 0 Å². The van der Waals surface area contributed by atoms with Crippen LogP contribution in [0.5, 0.6) is 11.5 Å². The van der Waals surface area contributed by atoms with Crippen molar-refractivity contribution in [2.24, 2.45) is 0 Å². The van der Waals surface area contributed by atoms with Crippen LogP contribution in [-0.4, -0.2) is 38.8 Å². The van der Waals surface area contributed by atoms with E-state index in [4.69, 9.17) is 9.47 Å². The summed E-state index contributed by atoms with van der Waals surface area (Å²) in [6.45, 7) is 3.74. The molecule has 0 aromatic heterocycles. The standard InChI is InChI=1S/C14H20N2O3/c1-14(6-7-15-9-14)16-13(17)11-8-10(18-2)4-5-12(11)19-3/h4-5,8,15H,6-7,9H2,1-3H3,(H,16,17). The van der Waals surface area contributed by atoms with E-state index in [9.17, 15) is 4.79 Å². The Labute approximate surface area is 113 Å². The molecule has 1 aliphatic heterocycles. The fourth-order valence-corrected chi connectivity index (χ4v) is 2.26. The third-order valence-electron chi connectivity index (χ3n) is 3.44. The van der Waals surface area contributed by atoms with E-state index >= 15 is 0 Å². The lowest BCUT2D eigenvalue weighted by Gasteiger charge is -2.25. The summed E-state index contributed by atoms with van der Waals surface area (Å²) in [4.78, 5) is 12.4. The van der Waals surface area contributed by atoms with Crippen LogP contribution in [-0.2, 0) is 0 Å². The number of ether oxygens (including phenoxy) is 2. The summed E-state index contributed by atoms with van der Waals surface area (Å²) in [5, 5.41) is 6.31. The van der Waals surface area contributed by atoms with Crippen LogP contribution in [0.3, 0.4) is 0 Å². The minimum atomic E-state index is -0.203. The van der Waals surface area contributed by atoms with Crippen LogP contribution in [0.4, 0.5) is 0 Å². The highest BCUT2D eigenvalue weighted by Gasteiger charge is 2.31. The van der Waals surface area contributed by atoms with Gasteiger partial charge in [-0.05, 0) is 38.1 Å². The van der Waals surface area contributed by atoms with Gasteiger partial charge in [-0.3, -0.25) is 4.79 Å². The molecule has 1 saturated heterocycles. The lowest BCUT2D eigenvalue weighted by molar-refractivity contribution is 0.0909. The molecule has 0 spiro atoms. The highest BCUT2D eigenvalue weighted by atomic mass is 16.5. The van der Waals surface area contributed by atoms with Crippen LogP contribution in [0, 0.1) is 0 Å². The molecule has 1 aromatic rings. The Kier molecular flexibility index (Phi) is 3.95. The maximum absolute atomic E-state index is 12.4. The van der Waals surface area contributed by atoms with Crippen LogP contribution >= 0.6 is 0 Å². The van der Waals surface area contributed by atoms with E-state index in [1.807, 2.05) is 6.92 Å². The van der Waals surface area contributed by atoms with Gasteiger partial charge in [-0.15, -0.1) is 0 Å². The lowest BCUT2D eigenvalue weighted by atomic mass is 10.0. The highest BCUT2D eigenvalue weighted by Crippen LogP contribution is 2.25. The third-order valence-corrected chi connectivity index (χ3v) is 3.44. The number of benzene rings is 1. The Morgan fingerprint density at radius 1 is 1.37 bits per heavy atom. The molecule has 1 aliphatic rings. The fraction of sp³-hybridized carbons (Fsp3) is 0.500. The van der Waals surface area contributed by atoms with E-state index in [1.54, 1.807) is 32.4 Å². The van der Waals surface area contributed by atoms with Crippen molar-refractivity contribution in [2.75, 3.05) is 27.3 Å². The van der Waals surface area contributed by atoms with E-state index in [0.29, 0.717) is 17.1 Å². The molecule has 1 fully saturated rings. The van der Waals surface area contributed by atoms with Gasteiger partial charge in [0.1, 0.15) is 11.5 Å². The highest BCUT2D eigenvalue weighted by molar-refractivity contribution is 5.97. The van der Waals surface area contributed by atoms with Gasteiger partial charge in [-0.25, -0.2) is 0 Å². The number of rotatable bonds is 4. The van der Waals surface area contributed by atoms with Crippen LogP contribution < -0.4 is 20.1 Å². The van der Waals surface area contributed by atoms with Gasteiger partial charge < -0.3 is 20.1 Å². The van der Waals surface area contributed by atoms with Crippen molar-refractivity contribution in [3.63, 3.8) is 0 Å². The molecule has 5 nitrogen and oxygen atoms in total. The molecule has 1 unspecified atom stereocenters. The summed E-state index contributed by atoms with van der Waals surface area (Å²) in [6.07, 6.45) is 0.922. The number of hydrogen-bond acceptors (Lipinski definition) is 4. The first-order valence-electron chi connectivity index (χ1n) is 6.33. The quantitative estimate of drug-likeness (QED) is 0.857. The maximum Gasteiger partial charge on any atom is 0.255 e. The maximum atomic E-state index is 12.4. The lowest BCUT2D eigenvalue weighted by Crippen LogP contribution is -2.47. The van der Waals surface area contributed by atoms with Crippen molar-refractivity contribution in [2.45, 2.75) is 18.9 Å². The fourth-order valence-electron chi connectivity index (χ4n) is 2.26. The van der Waals surface area contributed by atoms with Crippen LogP contribution in [0.2, 0.25) is 0 Å². The number of hydrogen-bond donors (Lipinski definition) is 2.